The first-order valence-corrected chi connectivity index (χ1v) is 5.87. The highest BCUT2D eigenvalue weighted by atomic mass is 16.5. The van der Waals surface area contributed by atoms with Gasteiger partial charge in [-0.25, -0.2) is 4.79 Å². The molecule has 6 heteroatoms. The first-order valence-electron chi connectivity index (χ1n) is 5.87. The van der Waals surface area contributed by atoms with E-state index >= 15 is 0 Å². The molecule has 0 bridgehead atoms. The van der Waals surface area contributed by atoms with Crippen LogP contribution in [0.15, 0.2) is 4.42 Å². The second-order valence-corrected chi connectivity index (χ2v) is 4.01. The van der Waals surface area contributed by atoms with Gasteiger partial charge in [0.2, 0.25) is 0 Å². The third kappa shape index (κ3) is 3.21. The summed E-state index contributed by atoms with van der Waals surface area (Å²) in [6.45, 7) is 3.19. The first kappa shape index (κ1) is 14.9. The van der Waals surface area contributed by atoms with E-state index in [0.717, 1.165) is 0 Å². The van der Waals surface area contributed by atoms with Crippen LogP contribution in [0.25, 0.3) is 0 Å². The van der Waals surface area contributed by atoms with E-state index in [0.29, 0.717) is 5.56 Å². The van der Waals surface area contributed by atoms with E-state index in [1.165, 1.54) is 14.0 Å². The number of carboxylic acids is 1. The number of methoxy groups -OCH3 is 1. The first-order chi connectivity index (χ1) is 8.92. The molecule has 0 saturated heterocycles. The summed E-state index contributed by atoms with van der Waals surface area (Å²) in [6, 6.07) is 0. The molecule has 0 unspecified atom stereocenters. The zero-order chi connectivity index (χ0) is 14.6. The summed E-state index contributed by atoms with van der Waals surface area (Å²) in [5.74, 6) is -1.71. The fourth-order valence-electron chi connectivity index (χ4n) is 1.77. The van der Waals surface area contributed by atoms with Gasteiger partial charge in [0.05, 0.1) is 13.5 Å². The topological polar surface area (TPSA) is 93.8 Å². The molecule has 0 spiro atoms. The number of hydrogen-bond acceptors (Lipinski definition) is 5. The van der Waals surface area contributed by atoms with Gasteiger partial charge in [-0.05, 0) is 6.92 Å². The van der Waals surface area contributed by atoms with Crippen molar-refractivity contribution in [1.29, 1.82) is 0 Å². The van der Waals surface area contributed by atoms with Crippen LogP contribution in [-0.2, 0) is 16.0 Å². The maximum atomic E-state index is 11.6. The molecule has 19 heavy (non-hydrogen) atoms. The maximum Gasteiger partial charge on any atom is 0.339 e. The lowest BCUT2D eigenvalue weighted by molar-refractivity contribution is -0.140. The van der Waals surface area contributed by atoms with Crippen molar-refractivity contribution in [2.75, 3.05) is 7.11 Å². The van der Waals surface area contributed by atoms with Crippen molar-refractivity contribution in [3.63, 3.8) is 0 Å². The Bertz CT molecular complexity index is 511. The SMILES string of the molecule is CCC(=O)c1oc(CCC(=O)OC)c(C(=O)O)c1C. The predicted molar refractivity (Wildman–Crippen MR) is 65.4 cm³/mol. The summed E-state index contributed by atoms with van der Waals surface area (Å²) < 4.78 is 9.80. The summed E-state index contributed by atoms with van der Waals surface area (Å²) in [6.07, 6.45) is 0.319. The smallest absolute Gasteiger partial charge is 0.339 e. The van der Waals surface area contributed by atoms with E-state index in [2.05, 4.69) is 4.74 Å². The van der Waals surface area contributed by atoms with Crippen molar-refractivity contribution in [3.8, 4) is 0 Å². The molecule has 1 aromatic rings. The van der Waals surface area contributed by atoms with Gasteiger partial charge in [-0.2, -0.15) is 0 Å². The fourth-order valence-corrected chi connectivity index (χ4v) is 1.77. The molecule has 1 aromatic heterocycles. The molecule has 0 radical (unpaired) electrons. The number of carbonyl (C=O) groups is 3. The van der Waals surface area contributed by atoms with Gasteiger partial charge in [-0.3, -0.25) is 9.59 Å². The summed E-state index contributed by atoms with van der Waals surface area (Å²) in [4.78, 5) is 33.9. The molecule has 0 aromatic carbocycles. The molecule has 0 atom stereocenters. The van der Waals surface area contributed by atoms with Crippen LogP contribution in [0.3, 0.4) is 0 Å². The number of furan rings is 1. The zero-order valence-electron chi connectivity index (χ0n) is 11.1. The second-order valence-electron chi connectivity index (χ2n) is 4.01. The van der Waals surface area contributed by atoms with E-state index in [1.54, 1.807) is 6.92 Å². The van der Waals surface area contributed by atoms with Crippen LogP contribution in [0.1, 0.15) is 52.0 Å². The Labute approximate surface area is 110 Å². The number of aryl methyl sites for hydroxylation is 1. The van der Waals surface area contributed by atoms with Crippen LogP contribution >= 0.6 is 0 Å². The van der Waals surface area contributed by atoms with Crippen LogP contribution in [0.4, 0.5) is 0 Å². The number of hydrogen-bond donors (Lipinski definition) is 1. The number of carbonyl (C=O) groups excluding carboxylic acids is 2. The van der Waals surface area contributed by atoms with Gasteiger partial charge in [0.1, 0.15) is 11.3 Å². The normalized spacial score (nSPS) is 10.3. The average Bonchev–Trinajstić information content (AvgIpc) is 2.72. The minimum atomic E-state index is -1.17. The monoisotopic (exact) mass is 268 g/mol. The maximum absolute atomic E-state index is 11.6. The standard InChI is InChI=1S/C13H16O6/c1-4-8(14)12-7(2)11(13(16)17)9(19-12)5-6-10(15)18-3/h4-6H2,1-3H3,(H,16,17). The van der Waals surface area contributed by atoms with Crippen molar-refractivity contribution in [2.24, 2.45) is 0 Å². The van der Waals surface area contributed by atoms with Gasteiger partial charge in [0.15, 0.2) is 11.5 Å². The molecule has 104 valence electrons. The number of carboxylic acid groups (broad SMARTS) is 1. The summed E-state index contributed by atoms with van der Waals surface area (Å²) in [5, 5.41) is 9.15. The molecule has 0 fully saturated rings. The number of ketones is 1. The lowest BCUT2D eigenvalue weighted by atomic mass is 10.1. The molecule has 6 nitrogen and oxygen atoms in total. The van der Waals surface area contributed by atoms with Gasteiger partial charge in [-0.15, -0.1) is 0 Å². The zero-order valence-corrected chi connectivity index (χ0v) is 11.1. The summed E-state index contributed by atoms with van der Waals surface area (Å²) in [5.41, 5.74) is 0.264. The Morgan fingerprint density at radius 3 is 2.42 bits per heavy atom. The van der Waals surface area contributed by atoms with Gasteiger partial charge in [0.25, 0.3) is 0 Å². The molecular formula is C13H16O6. The minimum Gasteiger partial charge on any atom is -0.478 e. The van der Waals surface area contributed by atoms with Crippen molar-refractivity contribution in [3.05, 3.63) is 22.6 Å². The van der Waals surface area contributed by atoms with Gasteiger partial charge >= 0.3 is 11.9 Å². The van der Waals surface area contributed by atoms with Gasteiger partial charge in [-0.1, -0.05) is 6.92 Å². The van der Waals surface area contributed by atoms with E-state index in [1.807, 2.05) is 0 Å². The molecule has 0 aliphatic heterocycles. The van der Waals surface area contributed by atoms with E-state index < -0.39 is 11.9 Å². The lowest BCUT2D eigenvalue weighted by Crippen LogP contribution is -2.05. The minimum absolute atomic E-state index is 0.00346. The predicted octanol–water partition coefficient (Wildman–Crippen LogP) is 1.98. The second kappa shape index (κ2) is 6.17. The van der Waals surface area contributed by atoms with E-state index in [-0.39, 0.29) is 42.1 Å². The molecule has 1 N–H and O–H groups in total. The lowest BCUT2D eigenvalue weighted by Gasteiger charge is -1.98. The van der Waals surface area contributed by atoms with E-state index in [9.17, 15) is 14.4 Å². The average molecular weight is 268 g/mol. The van der Waals surface area contributed by atoms with Crippen molar-refractivity contribution < 1.29 is 28.6 Å². The fraction of sp³-hybridized carbons (Fsp3) is 0.462. The van der Waals surface area contributed by atoms with Crippen LogP contribution in [-0.4, -0.2) is 29.9 Å². The Hall–Kier alpha value is -2.11. The number of ether oxygens (including phenoxy) is 1. The molecule has 0 saturated carbocycles. The number of aromatic carboxylic acids is 1. The highest BCUT2D eigenvalue weighted by molar-refractivity contribution is 5.99. The molecule has 1 heterocycles. The Morgan fingerprint density at radius 1 is 1.32 bits per heavy atom. The van der Waals surface area contributed by atoms with Crippen LogP contribution in [0, 0.1) is 6.92 Å². The van der Waals surface area contributed by atoms with Crippen molar-refractivity contribution >= 4 is 17.7 Å². The Kier molecular flexibility index (Phi) is 4.86. The molecule has 0 aliphatic carbocycles. The van der Waals surface area contributed by atoms with Crippen LogP contribution < -0.4 is 0 Å². The Morgan fingerprint density at radius 2 is 1.95 bits per heavy atom. The number of Topliss-reactive ketones (excluding diaryl/α,β-unsaturated/α-hetero) is 1. The quantitative estimate of drug-likeness (QED) is 0.626. The van der Waals surface area contributed by atoms with Crippen molar-refractivity contribution in [1.82, 2.24) is 0 Å². The molecule has 0 aliphatic rings. The molecular weight excluding hydrogens is 252 g/mol. The van der Waals surface area contributed by atoms with Gasteiger partial charge in [0, 0.05) is 18.4 Å². The van der Waals surface area contributed by atoms with Crippen LogP contribution in [0.5, 0.6) is 0 Å². The summed E-state index contributed by atoms with van der Waals surface area (Å²) >= 11 is 0. The third-order valence-corrected chi connectivity index (χ3v) is 2.79. The highest BCUT2D eigenvalue weighted by Gasteiger charge is 2.25. The molecule has 0 amide bonds. The number of rotatable bonds is 6. The summed E-state index contributed by atoms with van der Waals surface area (Å²) in [7, 11) is 1.25. The van der Waals surface area contributed by atoms with Crippen LogP contribution in [0.2, 0.25) is 0 Å². The largest absolute Gasteiger partial charge is 0.478 e. The third-order valence-electron chi connectivity index (χ3n) is 2.79. The number of esters is 1. The Balaban J connectivity index is 3.12. The van der Waals surface area contributed by atoms with Crippen molar-refractivity contribution in [2.45, 2.75) is 33.1 Å². The highest BCUT2D eigenvalue weighted by Crippen LogP contribution is 2.24. The molecule has 1 rings (SSSR count). The van der Waals surface area contributed by atoms with E-state index in [4.69, 9.17) is 9.52 Å². The van der Waals surface area contributed by atoms with Gasteiger partial charge < -0.3 is 14.3 Å².